The third-order valence-electron chi connectivity index (χ3n) is 2.50. The van der Waals surface area contributed by atoms with Crippen molar-refractivity contribution in [1.82, 2.24) is 5.43 Å². The Morgan fingerprint density at radius 1 is 1.35 bits per heavy atom. The number of rotatable bonds is 2. The Bertz CT molecular complexity index is 447. The maximum Gasteiger partial charge on any atom is 0.271 e. The van der Waals surface area contributed by atoms with Crippen LogP contribution in [0.5, 0.6) is 0 Å². The summed E-state index contributed by atoms with van der Waals surface area (Å²) in [6, 6.07) is 6.77. The van der Waals surface area contributed by atoms with E-state index in [1.54, 1.807) is 24.3 Å². The molecule has 1 amide bonds. The standard InChI is InChI=1S/C13H17ClN2O/c1-9(13(2,3)4)15-16-12(17)10-6-5-7-11(14)8-10/h5-8H,1-4H3,(H,16,17). The zero-order chi connectivity index (χ0) is 13.1. The van der Waals surface area contributed by atoms with Crippen LogP contribution in [0.15, 0.2) is 29.4 Å². The number of halogens is 1. The van der Waals surface area contributed by atoms with Gasteiger partial charge < -0.3 is 0 Å². The number of carbonyl (C=O) groups is 1. The molecule has 1 aromatic carbocycles. The van der Waals surface area contributed by atoms with Crippen molar-refractivity contribution in [2.24, 2.45) is 10.5 Å². The topological polar surface area (TPSA) is 41.5 Å². The molecule has 0 aliphatic carbocycles. The molecule has 0 aliphatic rings. The van der Waals surface area contributed by atoms with Gasteiger partial charge in [-0.25, -0.2) is 5.43 Å². The SMILES string of the molecule is CC(=NNC(=O)c1cccc(Cl)c1)C(C)(C)C. The molecule has 4 heteroatoms. The van der Waals surface area contributed by atoms with E-state index in [-0.39, 0.29) is 11.3 Å². The predicted octanol–water partition coefficient (Wildman–Crippen LogP) is 3.49. The lowest BCUT2D eigenvalue weighted by molar-refractivity contribution is 0.0954. The lowest BCUT2D eigenvalue weighted by Gasteiger charge is -2.17. The van der Waals surface area contributed by atoms with Gasteiger partial charge in [0.25, 0.3) is 5.91 Å². The van der Waals surface area contributed by atoms with Gasteiger partial charge in [0.2, 0.25) is 0 Å². The van der Waals surface area contributed by atoms with Gasteiger partial charge in [0, 0.05) is 21.7 Å². The molecule has 0 heterocycles. The van der Waals surface area contributed by atoms with Crippen LogP contribution in [0.4, 0.5) is 0 Å². The fourth-order valence-electron chi connectivity index (χ4n) is 0.997. The average Bonchev–Trinajstić information content (AvgIpc) is 2.24. The van der Waals surface area contributed by atoms with Crippen molar-refractivity contribution in [2.45, 2.75) is 27.7 Å². The van der Waals surface area contributed by atoms with Gasteiger partial charge in [0.15, 0.2) is 0 Å². The smallest absolute Gasteiger partial charge is 0.267 e. The summed E-state index contributed by atoms with van der Waals surface area (Å²) in [7, 11) is 0. The van der Waals surface area contributed by atoms with E-state index in [4.69, 9.17) is 11.6 Å². The first-order valence-corrected chi connectivity index (χ1v) is 5.79. The summed E-state index contributed by atoms with van der Waals surface area (Å²) in [4.78, 5) is 11.8. The first-order valence-electron chi connectivity index (χ1n) is 5.41. The maximum atomic E-state index is 11.8. The van der Waals surface area contributed by atoms with Crippen molar-refractivity contribution in [3.8, 4) is 0 Å². The van der Waals surface area contributed by atoms with E-state index < -0.39 is 0 Å². The van der Waals surface area contributed by atoms with Gasteiger partial charge in [0.1, 0.15) is 0 Å². The van der Waals surface area contributed by atoms with Crippen LogP contribution in [0.3, 0.4) is 0 Å². The molecule has 1 rings (SSSR count). The summed E-state index contributed by atoms with van der Waals surface area (Å²) in [6.07, 6.45) is 0. The van der Waals surface area contributed by atoms with Gasteiger partial charge in [-0.3, -0.25) is 4.79 Å². The second-order valence-corrected chi connectivity index (χ2v) is 5.33. The van der Waals surface area contributed by atoms with Crippen molar-refractivity contribution < 1.29 is 4.79 Å². The van der Waals surface area contributed by atoms with E-state index in [2.05, 4.69) is 10.5 Å². The molecule has 0 aliphatic heterocycles. The molecule has 92 valence electrons. The van der Waals surface area contributed by atoms with Gasteiger partial charge in [-0.05, 0) is 25.1 Å². The molecule has 1 N–H and O–H groups in total. The number of hydrogen-bond acceptors (Lipinski definition) is 2. The maximum absolute atomic E-state index is 11.8. The van der Waals surface area contributed by atoms with E-state index in [9.17, 15) is 4.79 Å². The Balaban J connectivity index is 2.75. The molecule has 0 bridgehead atoms. The van der Waals surface area contributed by atoms with E-state index in [0.29, 0.717) is 10.6 Å². The van der Waals surface area contributed by atoms with E-state index in [1.165, 1.54) is 0 Å². The molecule has 0 aromatic heterocycles. The summed E-state index contributed by atoms with van der Waals surface area (Å²) >= 11 is 5.81. The summed E-state index contributed by atoms with van der Waals surface area (Å²) < 4.78 is 0. The molecular weight excluding hydrogens is 236 g/mol. The number of nitrogens with zero attached hydrogens (tertiary/aromatic N) is 1. The third-order valence-corrected chi connectivity index (χ3v) is 2.73. The van der Waals surface area contributed by atoms with E-state index in [1.807, 2.05) is 27.7 Å². The van der Waals surface area contributed by atoms with E-state index in [0.717, 1.165) is 5.71 Å². The minimum atomic E-state index is -0.254. The minimum absolute atomic E-state index is 0.0540. The second-order valence-electron chi connectivity index (χ2n) is 4.90. The fraction of sp³-hybridized carbons (Fsp3) is 0.385. The number of hydrogen-bond donors (Lipinski definition) is 1. The van der Waals surface area contributed by atoms with Gasteiger partial charge in [-0.2, -0.15) is 5.10 Å². The van der Waals surface area contributed by atoms with Crippen LogP contribution < -0.4 is 5.43 Å². The van der Waals surface area contributed by atoms with E-state index >= 15 is 0 Å². The zero-order valence-electron chi connectivity index (χ0n) is 10.5. The largest absolute Gasteiger partial charge is 0.271 e. The number of benzene rings is 1. The molecule has 17 heavy (non-hydrogen) atoms. The Morgan fingerprint density at radius 3 is 2.53 bits per heavy atom. The fourth-order valence-corrected chi connectivity index (χ4v) is 1.19. The molecule has 1 aromatic rings. The molecule has 0 atom stereocenters. The normalized spacial score (nSPS) is 12.4. The van der Waals surface area contributed by atoms with Crippen molar-refractivity contribution in [3.05, 3.63) is 34.9 Å². The highest BCUT2D eigenvalue weighted by molar-refractivity contribution is 6.30. The van der Waals surface area contributed by atoms with Crippen LogP contribution in [-0.4, -0.2) is 11.6 Å². The third kappa shape index (κ3) is 4.19. The van der Waals surface area contributed by atoms with Crippen molar-refractivity contribution in [2.75, 3.05) is 0 Å². The Hall–Kier alpha value is -1.35. The molecule has 0 saturated carbocycles. The summed E-state index contributed by atoms with van der Waals surface area (Å²) in [5.41, 5.74) is 3.84. The average molecular weight is 253 g/mol. The Morgan fingerprint density at radius 2 is 2.00 bits per heavy atom. The van der Waals surface area contributed by atoms with Crippen LogP contribution in [-0.2, 0) is 0 Å². The number of hydrazone groups is 1. The number of carbonyl (C=O) groups excluding carboxylic acids is 1. The number of nitrogens with one attached hydrogen (secondary N) is 1. The molecule has 0 spiro atoms. The summed E-state index contributed by atoms with van der Waals surface area (Å²) in [5.74, 6) is -0.254. The quantitative estimate of drug-likeness (QED) is 0.635. The van der Waals surface area contributed by atoms with Crippen LogP contribution in [0, 0.1) is 5.41 Å². The number of amides is 1. The highest BCUT2D eigenvalue weighted by Crippen LogP contribution is 2.15. The lowest BCUT2D eigenvalue weighted by atomic mass is 9.91. The second kappa shape index (κ2) is 5.32. The van der Waals surface area contributed by atoms with Crippen molar-refractivity contribution in [3.63, 3.8) is 0 Å². The molecule has 0 fully saturated rings. The van der Waals surface area contributed by atoms with Crippen LogP contribution in [0.1, 0.15) is 38.1 Å². The predicted molar refractivity (Wildman–Crippen MR) is 71.5 cm³/mol. The van der Waals surface area contributed by atoms with Crippen LogP contribution >= 0.6 is 11.6 Å². The van der Waals surface area contributed by atoms with Gasteiger partial charge in [-0.1, -0.05) is 38.4 Å². The lowest BCUT2D eigenvalue weighted by Crippen LogP contribution is -2.24. The van der Waals surface area contributed by atoms with Crippen LogP contribution in [0.25, 0.3) is 0 Å². The highest BCUT2D eigenvalue weighted by atomic mass is 35.5. The monoisotopic (exact) mass is 252 g/mol. The first-order chi connectivity index (χ1) is 7.80. The van der Waals surface area contributed by atoms with Crippen LogP contribution in [0.2, 0.25) is 5.02 Å². The molecule has 0 radical (unpaired) electrons. The summed E-state index contributed by atoms with van der Waals surface area (Å²) in [6.45, 7) is 8.00. The van der Waals surface area contributed by atoms with Gasteiger partial charge >= 0.3 is 0 Å². The Kier molecular flexibility index (Phi) is 4.29. The molecule has 0 unspecified atom stereocenters. The molecule has 3 nitrogen and oxygen atoms in total. The van der Waals surface area contributed by atoms with Gasteiger partial charge in [-0.15, -0.1) is 0 Å². The Labute approximate surface area is 107 Å². The van der Waals surface area contributed by atoms with Crippen molar-refractivity contribution >= 4 is 23.2 Å². The first kappa shape index (κ1) is 13.7. The molecule has 0 saturated heterocycles. The van der Waals surface area contributed by atoms with Gasteiger partial charge in [0.05, 0.1) is 0 Å². The minimum Gasteiger partial charge on any atom is -0.267 e. The highest BCUT2D eigenvalue weighted by Gasteiger charge is 2.14. The zero-order valence-corrected chi connectivity index (χ0v) is 11.3. The van der Waals surface area contributed by atoms with Crippen molar-refractivity contribution in [1.29, 1.82) is 0 Å². The molecular formula is C13H17ClN2O. The summed E-state index contributed by atoms with van der Waals surface area (Å²) in [5, 5.41) is 4.61.